The van der Waals surface area contributed by atoms with E-state index in [4.69, 9.17) is 9.84 Å². The minimum Gasteiger partial charge on any atom is -0.561 e. The lowest BCUT2D eigenvalue weighted by Crippen LogP contribution is -2.27. The molecule has 1 aromatic carbocycles. The van der Waals surface area contributed by atoms with Gasteiger partial charge in [-0.05, 0) is 39.0 Å². The van der Waals surface area contributed by atoms with Crippen LogP contribution in [0.4, 0.5) is 10.5 Å². The summed E-state index contributed by atoms with van der Waals surface area (Å²) in [5, 5.41) is 9.46. The van der Waals surface area contributed by atoms with Crippen LogP contribution in [-0.2, 0) is 4.74 Å². The van der Waals surface area contributed by atoms with Gasteiger partial charge in [-0.25, -0.2) is 4.79 Å². The molecule has 1 aromatic rings. The van der Waals surface area contributed by atoms with Crippen LogP contribution in [0.1, 0.15) is 31.1 Å². The van der Waals surface area contributed by atoms with Crippen molar-refractivity contribution in [1.29, 1.82) is 0 Å². The molecular weight excluding hydrogens is 222 g/mol. The molecule has 17 heavy (non-hydrogen) atoms. The summed E-state index contributed by atoms with van der Waals surface area (Å²) in [5.74, 6) is -0.794. The summed E-state index contributed by atoms with van der Waals surface area (Å²) in [6, 6.07) is 6.15. The lowest BCUT2D eigenvalue weighted by molar-refractivity contribution is 0.0633. The van der Waals surface area contributed by atoms with Crippen LogP contribution in [0, 0.1) is 0 Å². The van der Waals surface area contributed by atoms with E-state index >= 15 is 0 Å². The monoisotopic (exact) mass is 238 g/mol. The maximum atomic E-state index is 11.4. The van der Waals surface area contributed by atoms with E-state index < -0.39 is 17.7 Å². The second-order valence-electron chi connectivity index (χ2n) is 4.54. The highest BCUT2D eigenvalue weighted by molar-refractivity contribution is 5.91. The zero-order valence-corrected chi connectivity index (χ0v) is 10.0. The normalized spacial score (nSPS) is 10.8. The van der Waals surface area contributed by atoms with Crippen LogP contribution >= 0.6 is 0 Å². The summed E-state index contributed by atoms with van der Waals surface area (Å²) in [7, 11) is 0. The summed E-state index contributed by atoms with van der Waals surface area (Å²) >= 11 is 0. The lowest BCUT2D eigenvalue weighted by atomic mass is 10.2. The molecule has 5 heteroatoms. The quantitative estimate of drug-likeness (QED) is 0.799. The maximum absolute atomic E-state index is 11.4. The van der Waals surface area contributed by atoms with E-state index in [1.807, 2.05) is 0 Å². The Kier molecular flexibility index (Phi) is 3.73. The van der Waals surface area contributed by atoms with Gasteiger partial charge in [0.05, 0.1) is 0 Å². The third-order valence-corrected chi connectivity index (χ3v) is 1.77. The molecule has 5 nitrogen and oxygen atoms in total. The molecule has 0 aromatic heterocycles. The second kappa shape index (κ2) is 4.86. The molecule has 1 amide bonds. The smallest absolute Gasteiger partial charge is 0.549 e. The maximum Gasteiger partial charge on any atom is 0.549 e. The minimum atomic E-state index is -0.794. The molecule has 1 rings (SSSR count). The molecule has 0 aliphatic rings. The van der Waals surface area contributed by atoms with Crippen molar-refractivity contribution in [1.82, 2.24) is 0 Å². The number of hydrogen-bond acceptors (Lipinski definition) is 3. The van der Waals surface area contributed by atoms with Crippen LogP contribution < -0.4 is 5.32 Å². The van der Waals surface area contributed by atoms with Crippen molar-refractivity contribution in [2.75, 3.05) is 5.32 Å². The van der Waals surface area contributed by atoms with Crippen molar-refractivity contribution < 1.29 is 19.4 Å². The molecule has 0 unspecified atom stereocenters. The Morgan fingerprint density at radius 2 is 1.94 bits per heavy atom. The van der Waals surface area contributed by atoms with Crippen LogP contribution in [0.2, 0.25) is 0 Å². The van der Waals surface area contributed by atoms with Gasteiger partial charge in [-0.2, -0.15) is 0 Å². The molecule has 0 saturated heterocycles. The lowest BCUT2D eigenvalue weighted by Gasteiger charge is -2.19. The first-order chi connectivity index (χ1) is 7.78. The van der Waals surface area contributed by atoms with Gasteiger partial charge in [-0.1, -0.05) is 6.07 Å². The molecule has 0 saturated carbocycles. The molecule has 3 N–H and O–H groups in total. The van der Waals surface area contributed by atoms with Gasteiger partial charge >= 0.3 is 12.1 Å². The molecule has 0 heterocycles. The molecule has 0 atom stereocenters. The van der Waals surface area contributed by atoms with Gasteiger partial charge < -0.3 is 9.84 Å². The van der Waals surface area contributed by atoms with E-state index in [9.17, 15) is 9.59 Å². The van der Waals surface area contributed by atoms with Gasteiger partial charge in [-0.15, -0.1) is 0 Å². The molecule has 0 fully saturated rings. The first-order valence-corrected chi connectivity index (χ1v) is 5.14. The third kappa shape index (κ3) is 4.55. The number of carbonyl (C=O) groups excluding carboxylic acids is 2. The number of benzene rings is 1. The zero-order chi connectivity index (χ0) is 13.1. The Morgan fingerprint density at radius 3 is 2.47 bits per heavy atom. The van der Waals surface area contributed by atoms with E-state index in [0.717, 1.165) is 0 Å². The van der Waals surface area contributed by atoms with E-state index in [0.29, 0.717) is 5.69 Å². The van der Waals surface area contributed by atoms with E-state index in [-0.39, 0.29) is 5.56 Å². The Bertz CT molecular complexity index is 434. The summed E-state index contributed by atoms with van der Waals surface area (Å²) in [5.41, 5.74) is 0.0725. The van der Waals surface area contributed by atoms with Gasteiger partial charge in [0.25, 0.3) is 0 Å². The summed E-state index contributed by atoms with van der Waals surface area (Å²) in [6.45, 7) is 5.28. The average Bonchev–Trinajstić information content (AvgIpc) is 2.14. The number of nitrogens with one attached hydrogen (secondary N) is 1. The second-order valence-corrected chi connectivity index (χ2v) is 4.54. The molecule has 0 radical (unpaired) electrons. The van der Waals surface area contributed by atoms with Gasteiger partial charge in [0.15, 0.2) is 0 Å². The molecule has 0 spiro atoms. The topological polar surface area (TPSA) is 78.3 Å². The van der Waals surface area contributed by atoms with E-state index in [1.165, 1.54) is 12.1 Å². The number of rotatable bonds is 2. The predicted octanol–water partition coefficient (Wildman–Crippen LogP) is 1.90. The molecule has 92 valence electrons. The van der Waals surface area contributed by atoms with Crippen LogP contribution in [0.5, 0.6) is 0 Å². The number of carbonyl (C=O) groups is 2. The zero-order valence-electron chi connectivity index (χ0n) is 10.0. The van der Waals surface area contributed by atoms with Gasteiger partial charge in [0.2, 0.25) is 0 Å². The Balaban J connectivity index is 2.72. The highest BCUT2D eigenvalue weighted by Crippen LogP contribution is 2.13. The fraction of sp³-hybridized carbons (Fsp3) is 0.333. The average molecular weight is 238 g/mol. The highest BCUT2D eigenvalue weighted by atomic mass is 16.6. The fourth-order valence-corrected chi connectivity index (χ4v) is 1.16. The number of ether oxygens (including phenoxy) is 1. The van der Waals surface area contributed by atoms with Crippen LogP contribution in [0.15, 0.2) is 24.3 Å². The van der Waals surface area contributed by atoms with Crippen molar-refractivity contribution in [3.8, 4) is 0 Å². The Labute approximate surface area is 99.4 Å². The van der Waals surface area contributed by atoms with Crippen molar-refractivity contribution >= 4 is 17.7 Å². The van der Waals surface area contributed by atoms with Gasteiger partial charge in [0, 0.05) is 10.5 Å². The first kappa shape index (κ1) is 13.0. The van der Waals surface area contributed by atoms with Crippen molar-refractivity contribution in [3.63, 3.8) is 0 Å². The minimum absolute atomic E-state index is 0.221. The van der Waals surface area contributed by atoms with Crippen LogP contribution in [0.25, 0.3) is 0 Å². The molecular formula is C12H16NO4+. The fourth-order valence-electron chi connectivity index (χ4n) is 1.16. The number of hydrogen-bond donors (Lipinski definition) is 1. The molecule has 0 aliphatic carbocycles. The van der Waals surface area contributed by atoms with Crippen molar-refractivity contribution in [2.45, 2.75) is 26.4 Å². The SMILES string of the molecule is CC(C)(C)OC(=O)Nc1cccc(C(=O)[OH2+])c1. The van der Waals surface area contributed by atoms with E-state index in [2.05, 4.69) is 5.32 Å². The Morgan fingerprint density at radius 1 is 1.29 bits per heavy atom. The van der Waals surface area contributed by atoms with Gasteiger partial charge in [0.1, 0.15) is 11.2 Å². The highest BCUT2D eigenvalue weighted by Gasteiger charge is 2.17. The summed E-state index contributed by atoms with van der Waals surface area (Å²) in [6.07, 6.45) is -0.591. The van der Waals surface area contributed by atoms with Crippen LogP contribution in [-0.4, -0.2) is 22.8 Å². The summed E-state index contributed by atoms with van der Waals surface area (Å²) < 4.78 is 5.06. The standard InChI is InChI=1S/C12H15NO4/c1-12(2,3)17-11(16)13-9-6-4-5-8(7-9)10(14)15/h4-7H,1-3H3,(H,13,16)(H,14,15)/p+1. The Hall–Kier alpha value is -2.04. The van der Waals surface area contributed by atoms with Crippen LogP contribution in [0.3, 0.4) is 0 Å². The predicted molar refractivity (Wildman–Crippen MR) is 64.2 cm³/mol. The van der Waals surface area contributed by atoms with Crippen molar-refractivity contribution in [3.05, 3.63) is 29.8 Å². The largest absolute Gasteiger partial charge is 0.561 e. The van der Waals surface area contributed by atoms with Crippen molar-refractivity contribution in [2.24, 2.45) is 0 Å². The molecule has 0 aliphatic heterocycles. The molecule has 0 bridgehead atoms. The third-order valence-electron chi connectivity index (χ3n) is 1.77. The summed E-state index contributed by atoms with van der Waals surface area (Å²) in [4.78, 5) is 22.3. The first-order valence-electron chi connectivity index (χ1n) is 5.14. The van der Waals surface area contributed by atoms with Gasteiger partial charge in [-0.3, -0.25) is 5.32 Å². The number of anilines is 1. The van der Waals surface area contributed by atoms with E-state index in [1.54, 1.807) is 32.9 Å². The number of amides is 1.